The Labute approximate surface area is 124 Å². The van der Waals surface area contributed by atoms with Crippen LogP contribution in [-0.2, 0) is 0 Å². The minimum absolute atomic E-state index is 0.509. The van der Waals surface area contributed by atoms with Gasteiger partial charge in [0.1, 0.15) is 11.3 Å². The van der Waals surface area contributed by atoms with Gasteiger partial charge in [-0.15, -0.1) is 0 Å². The van der Waals surface area contributed by atoms with E-state index in [0.717, 1.165) is 28.0 Å². The second-order valence-corrected chi connectivity index (χ2v) is 5.44. The second kappa shape index (κ2) is 5.30. The van der Waals surface area contributed by atoms with Crippen LogP contribution in [0.5, 0.6) is 0 Å². The largest absolute Gasteiger partial charge is 0.456 e. The normalized spacial score (nSPS) is 10.9. The number of hydrogen-bond donors (Lipinski definition) is 1. The summed E-state index contributed by atoms with van der Waals surface area (Å²) in [5, 5.41) is 10.7. The van der Waals surface area contributed by atoms with E-state index in [-0.39, 0.29) is 0 Å². The lowest BCUT2D eigenvalue weighted by molar-refractivity contribution is 0.575. The van der Waals surface area contributed by atoms with Crippen molar-refractivity contribution in [1.82, 2.24) is 0 Å². The van der Waals surface area contributed by atoms with Crippen LogP contribution in [0.15, 0.2) is 52.9 Å². The Bertz CT molecular complexity index is 762. The topological polar surface area (TPSA) is 36.6 Å². The summed E-state index contributed by atoms with van der Waals surface area (Å²) in [6.07, 6.45) is 0. The van der Waals surface area contributed by atoms with Gasteiger partial charge in [0.2, 0.25) is 0 Å². The predicted octanol–water partition coefficient (Wildman–Crippen LogP) is 3.95. The van der Waals surface area contributed by atoms with E-state index < -0.39 is 7.05 Å². The van der Waals surface area contributed by atoms with Crippen LogP contribution in [0.3, 0.4) is 0 Å². The summed E-state index contributed by atoms with van der Waals surface area (Å²) in [7, 11) is 1.36. The summed E-state index contributed by atoms with van der Waals surface area (Å²) < 4.78 is 5.92. The lowest BCUT2D eigenvalue weighted by Gasteiger charge is -2.19. The van der Waals surface area contributed by atoms with Crippen LogP contribution in [0.2, 0.25) is 6.82 Å². The standard InChI is InChI=1S/C17H18BNO2/c1-12-4-5-14-11-17(21-16(14)10-12)13-6-8-15(9-7-13)19(3)18(2)20/h4-11,20H,1-3H3. The van der Waals surface area contributed by atoms with Crippen LogP contribution < -0.4 is 4.81 Å². The number of rotatable bonds is 3. The number of anilines is 1. The first-order chi connectivity index (χ1) is 10.0. The van der Waals surface area contributed by atoms with Crippen molar-refractivity contribution in [2.45, 2.75) is 13.7 Å². The maximum atomic E-state index is 9.59. The van der Waals surface area contributed by atoms with E-state index >= 15 is 0 Å². The molecule has 0 radical (unpaired) electrons. The van der Waals surface area contributed by atoms with Crippen molar-refractivity contribution < 1.29 is 9.44 Å². The van der Waals surface area contributed by atoms with Crippen molar-refractivity contribution in [3.05, 3.63) is 54.1 Å². The quantitative estimate of drug-likeness (QED) is 0.737. The van der Waals surface area contributed by atoms with Gasteiger partial charge < -0.3 is 14.3 Å². The Morgan fingerprint density at radius 3 is 2.43 bits per heavy atom. The van der Waals surface area contributed by atoms with Gasteiger partial charge in [-0.1, -0.05) is 12.1 Å². The zero-order valence-electron chi connectivity index (χ0n) is 12.5. The smallest absolute Gasteiger partial charge is 0.409 e. The summed E-state index contributed by atoms with van der Waals surface area (Å²) in [5.41, 5.74) is 4.11. The third kappa shape index (κ3) is 2.67. The van der Waals surface area contributed by atoms with Crippen LogP contribution >= 0.6 is 0 Å². The molecule has 0 aliphatic carbocycles. The first-order valence-electron chi connectivity index (χ1n) is 7.06. The molecule has 1 N–H and O–H groups in total. The van der Waals surface area contributed by atoms with Crippen molar-refractivity contribution in [1.29, 1.82) is 0 Å². The Morgan fingerprint density at radius 1 is 1.05 bits per heavy atom. The van der Waals surface area contributed by atoms with Crippen molar-refractivity contribution in [3.8, 4) is 11.3 Å². The number of fused-ring (bicyclic) bond motifs is 1. The molecule has 21 heavy (non-hydrogen) atoms. The molecule has 4 heteroatoms. The van der Waals surface area contributed by atoms with Gasteiger partial charge in [-0.3, -0.25) is 0 Å². The van der Waals surface area contributed by atoms with Gasteiger partial charge in [-0.25, -0.2) is 0 Å². The molecule has 3 rings (SSSR count). The van der Waals surface area contributed by atoms with E-state index in [1.165, 1.54) is 5.56 Å². The maximum Gasteiger partial charge on any atom is 0.409 e. The van der Waals surface area contributed by atoms with Gasteiger partial charge in [0.25, 0.3) is 0 Å². The van der Waals surface area contributed by atoms with Crippen LogP contribution in [0, 0.1) is 6.92 Å². The van der Waals surface area contributed by atoms with Crippen LogP contribution in [0.1, 0.15) is 5.56 Å². The average Bonchev–Trinajstić information content (AvgIpc) is 2.89. The van der Waals surface area contributed by atoms with Crippen LogP contribution in [0.4, 0.5) is 5.69 Å². The van der Waals surface area contributed by atoms with Gasteiger partial charge in [-0.2, -0.15) is 0 Å². The molecule has 106 valence electrons. The van der Waals surface area contributed by atoms with Crippen LogP contribution in [-0.4, -0.2) is 19.1 Å². The lowest BCUT2D eigenvalue weighted by Crippen LogP contribution is -2.32. The van der Waals surface area contributed by atoms with Crippen molar-refractivity contribution in [3.63, 3.8) is 0 Å². The highest BCUT2D eigenvalue weighted by atomic mass is 16.3. The number of furan rings is 1. The monoisotopic (exact) mass is 279 g/mol. The number of nitrogens with zero attached hydrogens (tertiary/aromatic N) is 1. The van der Waals surface area contributed by atoms with E-state index in [9.17, 15) is 5.02 Å². The lowest BCUT2D eigenvalue weighted by atomic mass is 9.85. The van der Waals surface area contributed by atoms with Gasteiger partial charge in [-0.05, 0) is 62.8 Å². The second-order valence-electron chi connectivity index (χ2n) is 5.44. The molecule has 2 aromatic carbocycles. The summed E-state index contributed by atoms with van der Waals surface area (Å²) in [6, 6.07) is 16.3. The van der Waals surface area contributed by atoms with Gasteiger partial charge in [0.15, 0.2) is 0 Å². The zero-order valence-corrected chi connectivity index (χ0v) is 12.5. The van der Waals surface area contributed by atoms with E-state index in [0.29, 0.717) is 0 Å². The third-order valence-corrected chi connectivity index (χ3v) is 3.80. The molecule has 0 unspecified atom stereocenters. The molecule has 1 aromatic heterocycles. The van der Waals surface area contributed by atoms with Crippen molar-refractivity contribution in [2.75, 3.05) is 11.9 Å². The Morgan fingerprint density at radius 2 is 1.76 bits per heavy atom. The molecule has 0 bridgehead atoms. The molecule has 0 aliphatic heterocycles. The maximum absolute atomic E-state index is 9.59. The average molecular weight is 279 g/mol. The predicted molar refractivity (Wildman–Crippen MR) is 88.6 cm³/mol. The fourth-order valence-electron chi connectivity index (χ4n) is 2.36. The van der Waals surface area contributed by atoms with E-state index in [2.05, 4.69) is 31.2 Å². The molecule has 0 atom stereocenters. The molecular formula is C17H18BNO2. The Balaban J connectivity index is 1.95. The van der Waals surface area contributed by atoms with E-state index in [1.54, 1.807) is 6.82 Å². The van der Waals surface area contributed by atoms with Gasteiger partial charge in [0.05, 0.1) is 0 Å². The molecule has 3 aromatic rings. The molecule has 0 fully saturated rings. The fraction of sp³-hybridized carbons (Fsp3) is 0.176. The zero-order chi connectivity index (χ0) is 15.0. The van der Waals surface area contributed by atoms with Crippen LogP contribution in [0.25, 0.3) is 22.3 Å². The van der Waals surface area contributed by atoms with Gasteiger partial charge in [0, 0.05) is 16.6 Å². The van der Waals surface area contributed by atoms with E-state index in [1.807, 2.05) is 36.1 Å². The molecular weight excluding hydrogens is 261 g/mol. The molecule has 0 saturated heterocycles. The molecule has 0 spiro atoms. The SMILES string of the molecule is CB(O)N(C)c1ccc(-c2cc3ccc(C)cc3o2)cc1. The molecule has 0 saturated carbocycles. The molecule has 1 heterocycles. The first-order valence-corrected chi connectivity index (χ1v) is 7.06. The van der Waals surface area contributed by atoms with E-state index in [4.69, 9.17) is 4.42 Å². The summed E-state index contributed by atoms with van der Waals surface area (Å²) in [4.78, 5) is 1.81. The van der Waals surface area contributed by atoms with Crippen molar-refractivity contribution in [2.24, 2.45) is 0 Å². The Kier molecular flexibility index (Phi) is 3.48. The third-order valence-electron chi connectivity index (χ3n) is 3.80. The van der Waals surface area contributed by atoms with Gasteiger partial charge >= 0.3 is 7.05 Å². The summed E-state index contributed by atoms with van der Waals surface area (Å²) in [5.74, 6) is 0.863. The minimum Gasteiger partial charge on any atom is -0.456 e. The number of hydrogen-bond acceptors (Lipinski definition) is 3. The molecule has 0 amide bonds. The number of aryl methyl sites for hydroxylation is 1. The highest BCUT2D eigenvalue weighted by Crippen LogP contribution is 2.29. The van der Waals surface area contributed by atoms with Crippen molar-refractivity contribution >= 4 is 23.7 Å². The number of benzene rings is 2. The molecule has 3 nitrogen and oxygen atoms in total. The Hall–Kier alpha value is -2.20. The highest BCUT2D eigenvalue weighted by molar-refractivity contribution is 6.53. The fourth-order valence-corrected chi connectivity index (χ4v) is 2.36. The molecule has 0 aliphatic rings. The summed E-state index contributed by atoms with van der Waals surface area (Å²) in [6.45, 7) is 3.80. The highest BCUT2D eigenvalue weighted by Gasteiger charge is 2.12. The summed E-state index contributed by atoms with van der Waals surface area (Å²) >= 11 is 0. The minimum atomic E-state index is -0.509. The first kappa shape index (κ1) is 13.8.